The van der Waals surface area contributed by atoms with Gasteiger partial charge in [0.25, 0.3) is 0 Å². The fourth-order valence-electron chi connectivity index (χ4n) is 2.47. The minimum absolute atomic E-state index is 0.261. The molecule has 0 fully saturated rings. The molecule has 0 aliphatic heterocycles. The number of fused-ring (bicyclic) bond motifs is 1. The van der Waals surface area contributed by atoms with E-state index in [0.29, 0.717) is 5.15 Å². The topological polar surface area (TPSA) is 43.6 Å². The number of imidazole rings is 1. The molecule has 0 saturated carbocycles. The molecule has 0 atom stereocenters. The van der Waals surface area contributed by atoms with Crippen LogP contribution in [0, 0.1) is 0 Å². The molecule has 0 N–H and O–H groups in total. The molecule has 19 heavy (non-hydrogen) atoms. The van der Waals surface area contributed by atoms with Crippen molar-refractivity contribution in [2.45, 2.75) is 45.4 Å². The molecule has 0 radical (unpaired) electrons. The minimum Gasteiger partial charge on any atom is -0.287 e. The molecule has 0 bridgehead atoms. The highest BCUT2D eigenvalue weighted by molar-refractivity contribution is 6.29. The van der Waals surface area contributed by atoms with Crippen LogP contribution in [0.3, 0.4) is 0 Å². The summed E-state index contributed by atoms with van der Waals surface area (Å²) in [6, 6.07) is 1.81. The van der Waals surface area contributed by atoms with Gasteiger partial charge in [0.2, 0.25) is 0 Å². The molecule has 0 spiro atoms. The first-order valence-electron chi connectivity index (χ1n) is 6.75. The van der Waals surface area contributed by atoms with Gasteiger partial charge >= 0.3 is 0 Å². The molecule has 2 aromatic heterocycles. The maximum Gasteiger partial charge on any atom is 0.143 e. The van der Waals surface area contributed by atoms with Crippen LogP contribution in [-0.4, -0.2) is 19.5 Å². The SMILES string of the molecule is CC(C)c1nc(Cl)cc(-n2cnc3c2CCCC3)n1. The predicted octanol–water partition coefficient (Wildman–Crippen LogP) is 3.32. The molecule has 0 saturated heterocycles. The molecule has 100 valence electrons. The fourth-order valence-corrected chi connectivity index (χ4v) is 2.66. The summed E-state index contributed by atoms with van der Waals surface area (Å²) in [5.74, 6) is 1.87. The van der Waals surface area contributed by atoms with Gasteiger partial charge < -0.3 is 0 Å². The van der Waals surface area contributed by atoms with E-state index >= 15 is 0 Å². The molecule has 0 amide bonds. The summed E-state index contributed by atoms with van der Waals surface area (Å²) in [5.41, 5.74) is 2.47. The lowest BCUT2D eigenvalue weighted by molar-refractivity contribution is 0.652. The summed E-state index contributed by atoms with van der Waals surface area (Å²) in [7, 11) is 0. The van der Waals surface area contributed by atoms with Crippen molar-refractivity contribution in [3.63, 3.8) is 0 Å². The van der Waals surface area contributed by atoms with Crippen LogP contribution in [-0.2, 0) is 12.8 Å². The van der Waals surface area contributed by atoms with E-state index in [1.807, 2.05) is 12.4 Å². The Bertz CT molecular complexity index is 603. The summed E-state index contributed by atoms with van der Waals surface area (Å²) in [5, 5.41) is 0.493. The van der Waals surface area contributed by atoms with Crippen LogP contribution in [0.15, 0.2) is 12.4 Å². The predicted molar refractivity (Wildman–Crippen MR) is 74.9 cm³/mol. The molecule has 1 aliphatic carbocycles. The zero-order chi connectivity index (χ0) is 13.4. The maximum absolute atomic E-state index is 6.11. The largest absolute Gasteiger partial charge is 0.287 e. The normalized spacial score (nSPS) is 14.7. The Labute approximate surface area is 117 Å². The van der Waals surface area contributed by atoms with E-state index in [9.17, 15) is 0 Å². The molecule has 1 aliphatic rings. The summed E-state index contributed by atoms with van der Waals surface area (Å²) in [4.78, 5) is 13.4. The van der Waals surface area contributed by atoms with E-state index < -0.39 is 0 Å². The quantitative estimate of drug-likeness (QED) is 0.791. The second-order valence-corrected chi connectivity index (χ2v) is 5.66. The van der Waals surface area contributed by atoms with Crippen molar-refractivity contribution in [3.8, 4) is 5.82 Å². The minimum atomic E-state index is 0.261. The molecular weight excluding hydrogens is 260 g/mol. The number of aryl methyl sites for hydroxylation is 1. The first-order chi connectivity index (χ1) is 9.15. The van der Waals surface area contributed by atoms with Gasteiger partial charge in [-0.2, -0.15) is 0 Å². The van der Waals surface area contributed by atoms with Crippen LogP contribution >= 0.6 is 11.6 Å². The van der Waals surface area contributed by atoms with Crippen LogP contribution in [0.2, 0.25) is 5.15 Å². The van der Waals surface area contributed by atoms with Gasteiger partial charge in [0.05, 0.1) is 5.69 Å². The van der Waals surface area contributed by atoms with Crippen LogP contribution in [0.5, 0.6) is 0 Å². The number of hydrogen-bond acceptors (Lipinski definition) is 3. The molecule has 2 aromatic rings. The molecule has 0 aromatic carbocycles. The van der Waals surface area contributed by atoms with Gasteiger partial charge in [-0.1, -0.05) is 25.4 Å². The Morgan fingerprint density at radius 1 is 1.21 bits per heavy atom. The van der Waals surface area contributed by atoms with E-state index in [0.717, 1.165) is 24.5 Å². The first kappa shape index (κ1) is 12.6. The average molecular weight is 277 g/mol. The van der Waals surface area contributed by atoms with E-state index in [2.05, 4.69) is 33.4 Å². The van der Waals surface area contributed by atoms with E-state index in [-0.39, 0.29) is 5.92 Å². The third-order valence-corrected chi connectivity index (χ3v) is 3.69. The molecule has 0 unspecified atom stereocenters. The van der Waals surface area contributed by atoms with Crippen molar-refractivity contribution in [2.75, 3.05) is 0 Å². The van der Waals surface area contributed by atoms with Crippen molar-refractivity contribution in [2.24, 2.45) is 0 Å². The first-order valence-corrected chi connectivity index (χ1v) is 7.13. The van der Waals surface area contributed by atoms with Gasteiger partial charge in [-0.05, 0) is 25.7 Å². The second kappa shape index (κ2) is 4.93. The standard InChI is InChI=1S/C14H17ClN4/c1-9(2)14-17-12(15)7-13(18-14)19-8-16-10-5-3-4-6-11(10)19/h7-9H,3-6H2,1-2H3. The van der Waals surface area contributed by atoms with Crippen molar-refractivity contribution in [3.05, 3.63) is 34.8 Å². The Morgan fingerprint density at radius 2 is 2.00 bits per heavy atom. The van der Waals surface area contributed by atoms with E-state index in [1.165, 1.54) is 24.2 Å². The van der Waals surface area contributed by atoms with Crippen LogP contribution in [0.1, 0.15) is 49.8 Å². The van der Waals surface area contributed by atoms with E-state index in [1.54, 1.807) is 0 Å². The zero-order valence-electron chi connectivity index (χ0n) is 11.2. The molecule has 3 rings (SSSR count). The highest BCUT2D eigenvalue weighted by Gasteiger charge is 2.17. The summed E-state index contributed by atoms with van der Waals surface area (Å²) >= 11 is 6.11. The maximum atomic E-state index is 6.11. The number of nitrogens with zero attached hydrogens (tertiary/aromatic N) is 4. The van der Waals surface area contributed by atoms with Gasteiger partial charge in [-0.25, -0.2) is 15.0 Å². The number of hydrogen-bond donors (Lipinski definition) is 0. The summed E-state index contributed by atoms with van der Waals surface area (Å²) in [6.45, 7) is 4.14. The van der Waals surface area contributed by atoms with Crippen molar-refractivity contribution in [1.29, 1.82) is 0 Å². The average Bonchev–Trinajstić information content (AvgIpc) is 2.81. The van der Waals surface area contributed by atoms with E-state index in [4.69, 9.17) is 11.6 Å². The van der Waals surface area contributed by atoms with Gasteiger partial charge in [0, 0.05) is 17.7 Å². The van der Waals surface area contributed by atoms with Crippen molar-refractivity contribution >= 4 is 11.6 Å². The number of rotatable bonds is 2. The smallest absolute Gasteiger partial charge is 0.143 e. The monoisotopic (exact) mass is 276 g/mol. The summed E-state index contributed by atoms with van der Waals surface area (Å²) < 4.78 is 2.06. The second-order valence-electron chi connectivity index (χ2n) is 5.28. The number of halogens is 1. The lowest BCUT2D eigenvalue weighted by Gasteiger charge is -2.14. The third kappa shape index (κ3) is 2.37. The van der Waals surface area contributed by atoms with Gasteiger partial charge in [0.1, 0.15) is 23.1 Å². The highest BCUT2D eigenvalue weighted by Crippen LogP contribution is 2.24. The van der Waals surface area contributed by atoms with Crippen LogP contribution in [0.25, 0.3) is 5.82 Å². The van der Waals surface area contributed by atoms with Crippen LogP contribution < -0.4 is 0 Å². The summed E-state index contributed by atoms with van der Waals surface area (Å²) in [6.07, 6.45) is 6.44. The highest BCUT2D eigenvalue weighted by atomic mass is 35.5. The van der Waals surface area contributed by atoms with Crippen molar-refractivity contribution < 1.29 is 0 Å². The molecule has 2 heterocycles. The van der Waals surface area contributed by atoms with Gasteiger partial charge in [-0.15, -0.1) is 0 Å². The van der Waals surface area contributed by atoms with Gasteiger partial charge in [-0.3, -0.25) is 4.57 Å². The van der Waals surface area contributed by atoms with Gasteiger partial charge in [0.15, 0.2) is 0 Å². The van der Waals surface area contributed by atoms with Crippen LogP contribution in [0.4, 0.5) is 0 Å². The number of aromatic nitrogens is 4. The lowest BCUT2D eigenvalue weighted by atomic mass is 10.0. The lowest BCUT2D eigenvalue weighted by Crippen LogP contribution is -2.10. The molecular formula is C14H17ClN4. The third-order valence-electron chi connectivity index (χ3n) is 3.49. The molecule has 5 heteroatoms. The molecule has 4 nitrogen and oxygen atoms in total. The fraction of sp³-hybridized carbons (Fsp3) is 0.500. The van der Waals surface area contributed by atoms with Crippen molar-refractivity contribution in [1.82, 2.24) is 19.5 Å². The Kier molecular flexibility index (Phi) is 3.27. The Morgan fingerprint density at radius 3 is 2.79 bits per heavy atom. The zero-order valence-corrected chi connectivity index (χ0v) is 12.0. The Balaban J connectivity index is 2.09. The Hall–Kier alpha value is -1.42.